The highest BCUT2D eigenvalue weighted by Gasteiger charge is 2.16. The van der Waals surface area contributed by atoms with Crippen molar-refractivity contribution in [3.63, 3.8) is 0 Å². The second kappa shape index (κ2) is 7.84. The molecule has 3 aromatic carbocycles. The zero-order valence-corrected chi connectivity index (χ0v) is 16.2. The van der Waals surface area contributed by atoms with Crippen LogP contribution in [0.2, 0.25) is 0 Å². The SMILES string of the molecule is Cc1cccc(NC(=O)Nc2cccc(-c3cccc(S(=O)(=O)O)c3C)c2)c1. The summed E-state index contributed by atoms with van der Waals surface area (Å²) in [6.07, 6.45) is 0. The van der Waals surface area contributed by atoms with Crippen LogP contribution in [0.15, 0.2) is 71.6 Å². The van der Waals surface area contributed by atoms with Gasteiger partial charge in [-0.2, -0.15) is 8.42 Å². The van der Waals surface area contributed by atoms with Gasteiger partial charge in [0.2, 0.25) is 0 Å². The molecule has 0 unspecified atom stereocenters. The maximum atomic E-state index is 12.3. The van der Waals surface area contributed by atoms with Gasteiger partial charge in [0.1, 0.15) is 0 Å². The fourth-order valence-corrected chi connectivity index (χ4v) is 3.73. The van der Waals surface area contributed by atoms with E-state index in [2.05, 4.69) is 10.6 Å². The molecule has 7 heteroatoms. The van der Waals surface area contributed by atoms with Crippen molar-refractivity contribution >= 4 is 27.5 Å². The monoisotopic (exact) mass is 396 g/mol. The Hall–Kier alpha value is -3.16. The van der Waals surface area contributed by atoms with Gasteiger partial charge in [-0.25, -0.2) is 4.79 Å². The number of carbonyl (C=O) groups excluding carboxylic acids is 1. The summed E-state index contributed by atoms with van der Waals surface area (Å²) in [5.74, 6) is 0. The summed E-state index contributed by atoms with van der Waals surface area (Å²) < 4.78 is 32.5. The molecular weight excluding hydrogens is 376 g/mol. The van der Waals surface area contributed by atoms with Crippen LogP contribution in [0.5, 0.6) is 0 Å². The number of anilines is 2. The summed E-state index contributed by atoms with van der Waals surface area (Å²) in [6.45, 7) is 3.57. The van der Waals surface area contributed by atoms with Gasteiger partial charge < -0.3 is 10.6 Å². The van der Waals surface area contributed by atoms with Crippen LogP contribution in [0, 0.1) is 13.8 Å². The highest BCUT2D eigenvalue weighted by atomic mass is 32.2. The molecule has 0 saturated carbocycles. The molecule has 0 radical (unpaired) electrons. The molecule has 0 fully saturated rings. The van der Waals surface area contributed by atoms with E-state index in [-0.39, 0.29) is 10.9 Å². The summed E-state index contributed by atoms with van der Waals surface area (Å²) in [5.41, 5.74) is 4.08. The van der Waals surface area contributed by atoms with E-state index in [4.69, 9.17) is 0 Å². The van der Waals surface area contributed by atoms with Gasteiger partial charge in [0, 0.05) is 11.4 Å². The van der Waals surface area contributed by atoms with E-state index in [1.54, 1.807) is 49.4 Å². The second-order valence-electron chi connectivity index (χ2n) is 6.43. The van der Waals surface area contributed by atoms with E-state index in [9.17, 15) is 17.8 Å². The molecule has 3 rings (SSSR count). The lowest BCUT2D eigenvalue weighted by molar-refractivity contribution is 0.262. The Labute approximate surface area is 164 Å². The summed E-state index contributed by atoms with van der Waals surface area (Å²) >= 11 is 0. The molecule has 0 aromatic heterocycles. The molecule has 0 spiro atoms. The lowest BCUT2D eigenvalue weighted by Gasteiger charge is -2.12. The molecule has 2 amide bonds. The van der Waals surface area contributed by atoms with Crippen molar-refractivity contribution in [1.29, 1.82) is 0 Å². The van der Waals surface area contributed by atoms with Crippen LogP contribution in [0.3, 0.4) is 0 Å². The first kappa shape index (κ1) is 19.6. The van der Waals surface area contributed by atoms with Crippen LogP contribution in [-0.2, 0) is 10.1 Å². The molecule has 0 atom stereocenters. The Balaban J connectivity index is 1.84. The number of aryl methyl sites for hydroxylation is 1. The minimum atomic E-state index is -4.31. The Bertz CT molecular complexity index is 1140. The van der Waals surface area contributed by atoms with Crippen LogP contribution in [0.1, 0.15) is 11.1 Å². The van der Waals surface area contributed by atoms with E-state index in [0.717, 1.165) is 11.1 Å². The Morgan fingerprint density at radius 3 is 2.11 bits per heavy atom. The second-order valence-corrected chi connectivity index (χ2v) is 7.82. The number of nitrogens with one attached hydrogen (secondary N) is 2. The first-order valence-electron chi connectivity index (χ1n) is 8.56. The molecule has 0 bridgehead atoms. The van der Waals surface area contributed by atoms with Crippen molar-refractivity contribution < 1.29 is 17.8 Å². The Kier molecular flexibility index (Phi) is 5.48. The largest absolute Gasteiger partial charge is 0.323 e. The van der Waals surface area contributed by atoms with Gasteiger partial charge in [-0.3, -0.25) is 4.55 Å². The van der Waals surface area contributed by atoms with E-state index >= 15 is 0 Å². The fraction of sp³-hybridized carbons (Fsp3) is 0.0952. The van der Waals surface area contributed by atoms with Crippen LogP contribution >= 0.6 is 0 Å². The van der Waals surface area contributed by atoms with Crippen molar-refractivity contribution in [2.75, 3.05) is 10.6 Å². The molecule has 3 aromatic rings. The normalized spacial score (nSPS) is 11.1. The molecule has 0 aliphatic heterocycles. The third-order valence-electron chi connectivity index (χ3n) is 4.27. The Morgan fingerprint density at radius 2 is 1.46 bits per heavy atom. The van der Waals surface area contributed by atoms with Gasteiger partial charge in [-0.05, 0) is 66.4 Å². The van der Waals surface area contributed by atoms with Crippen LogP contribution in [0.25, 0.3) is 11.1 Å². The third-order valence-corrected chi connectivity index (χ3v) is 5.27. The molecule has 0 aliphatic carbocycles. The molecule has 28 heavy (non-hydrogen) atoms. The van der Waals surface area contributed by atoms with Crippen LogP contribution in [0.4, 0.5) is 16.2 Å². The van der Waals surface area contributed by atoms with Crippen molar-refractivity contribution in [3.8, 4) is 11.1 Å². The topological polar surface area (TPSA) is 95.5 Å². The number of hydrogen-bond donors (Lipinski definition) is 3. The number of benzene rings is 3. The van der Waals surface area contributed by atoms with Gasteiger partial charge in [0.05, 0.1) is 4.90 Å². The average molecular weight is 396 g/mol. The Morgan fingerprint density at radius 1 is 0.857 bits per heavy atom. The standard InChI is InChI=1S/C21H20N2O4S/c1-14-6-3-8-17(12-14)22-21(24)23-18-9-4-7-16(13-18)19-10-5-11-20(15(19)2)28(25,26)27/h3-13H,1-2H3,(H2,22,23,24)(H,25,26,27). The van der Waals surface area contributed by atoms with Crippen molar-refractivity contribution in [3.05, 3.63) is 77.9 Å². The zero-order valence-electron chi connectivity index (χ0n) is 15.4. The number of amides is 2. The van der Waals surface area contributed by atoms with E-state index < -0.39 is 10.1 Å². The molecule has 0 aliphatic rings. The highest BCUT2D eigenvalue weighted by molar-refractivity contribution is 7.85. The van der Waals surface area contributed by atoms with Crippen molar-refractivity contribution in [2.45, 2.75) is 18.7 Å². The fourth-order valence-electron chi connectivity index (χ4n) is 2.99. The first-order chi connectivity index (χ1) is 13.2. The molecular formula is C21H20N2O4S. The average Bonchev–Trinajstić information content (AvgIpc) is 2.61. The predicted octanol–water partition coefficient (Wildman–Crippen LogP) is 4.86. The maximum absolute atomic E-state index is 12.3. The molecule has 0 saturated heterocycles. The van der Waals surface area contributed by atoms with E-state index in [0.29, 0.717) is 22.5 Å². The van der Waals surface area contributed by atoms with Crippen molar-refractivity contribution in [1.82, 2.24) is 0 Å². The third kappa shape index (κ3) is 4.57. The molecule has 3 N–H and O–H groups in total. The summed E-state index contributed by atoms with van der Waals surface area (Å²) in [5, 5.41) is 5.54. The molecule has 0 heterocycles. The van der Waals surface area contributed by atoms with Crippen LogP contribution in [-0.4, -0.2) is 19.0 Å². The number of rotatable bonds is 4. The summed E-state index contributed by atoms with van der Waals surface area (Å²) in [6, 6.07) is 18.8. The van der Waals surface area contributed by atoms with E-state index in [1.807, 2.05) is 25.1 Å². The summed E-state index contributed by atoms with van der Waals surface area (Å²) in [4.78, 5) is 12.1. The minimum Gasteiger partial charge on any atom is -0.308 e. The van der Waals surface area contributed by atoms with Crippen molar-refractivity contribution in [2.24, 2.45) is 0 Å². The molecule has 6 nitrogen and oxygen atoms in total. The van der Waals surface area contributed by atoms with Gasteiger partial charge in [0.25, 0.3) is 10.1 Å². The lowest BCUT2D eigenvalue weighted by atomic mass is 10.0. The highest BCUT2D eigenvalue weighted by Crippen LogP contribution is 2.29. The maximum Gasteiger partial charge on any atom is 0.323 e. The number of carbonyl (C=O) groups is 1. The summed E-state index contributed by atoms with van der Waals surface area (Å²) in [7, 11) is -4.31. The van der Waals surface area contributed by atoms with Gasteiger partial charge >= 0.3 is 6.03 Å². The smallest absolute Gasteiger partial charge is 0.308 e. The van der Waals surface area contributed by atoms with Gasteiger partial charge in [-0.15, -0.1) is 0 Å². The lowest BCUT2D eigenvalue weighted by Crippen LogP contribution is -2.19. The number of hydrogen-bond acceptors (Lipinski definition) is 3. The number of urea groups is 1. The predicted molar refractivity (Wildman–Crippen MR) is 110 cm³/mol. The van der Waals surface area contributed by atoms with Crippen LogP contribution < -0.4 is 10.6 Å². The quantitative estimate of drug-likeness (QED) is 0.549. The minimum absolute atomic E-state index is 0.138. The van der Waals surface area contributed by atoms with Gasteiger partial charge in [-0.1, -0.05) is 36.4 Å². The first-order valence-corrected chi connectivity index (χ1v) is 10.0. The van der Waals surface area contributed by atoms with E-state index in [1.165, 1.54) is 6.07 Å². The molecule has 144 valence electrons. The van der Waals surface area contributed by atoms with Gasteiger partial charge in [0.15, 0.2) is 0 Å². The zero-order chi connectivity index (χ0) is 20.3.